The Morgan fingerprint density at radius 2 is 1.11 bits per heavy atom. The van der Waals surface area contributed by atoms with Crippen LogP contribution in [0.5, 0.6) is 17.2 Å². The number of carbonyl (C=O) groups excluding carboxylic acids is 3. The van der Waals surface area contributed by atoms with Gasteiger partial charge in [-0.2, -0.15) is 0 Å². The number of esters is 3. The average molecular weight is 608 g/mol. The van der Waals surface area contributed by atoms with E-state index in [-0.39, 0.29) is 52.7 Å². The predicted octanol–water partition coefficient (Wildman–Crippen LogP) is 8.01. The minimum atomic E-state index is -0.352. The fourth-order valence-electron chi connectivity index (χ4n) is 5.27. The minimum Gasteiger partial charge on any atom is -0.427 e. The maximum absolute atomic E-state index is 12.7. The Morgan fingerprint density at radius 1 is 0.636 bits per heavy atom. The second kappa shape index (κ2) is 14.7. The fraction of sp³-hybridized carbons (Fsp3) is 0.595. The number of aryl methyl sites for hydroxylation is 1. The van der Waals surface area contributed by atoms with E-state index in [1.165, 1.54) is 5.56 Å². The van der Waals surface area contributed by atoms with Crippen molar-refractivity contribution in [1.29, 1.82) is 0 Å². The molecule has 7 heteroatoms. The van der Waals surface area contributed by atoms with Crippen LogP contribution in [0.1, 0.15) is 112 Å². The monoisotopic (exact) mass is 607 g/mol. The highest BCUT2D eigenvalue weighted by molar-refractivity contribution is 5.77. The number of hydrogen-bond acceptors (Lipinski definition) is 7. The van der Waals surface area contributed by atoms with E-state index in [2.05, 4.69) is 5.32 Å². The third-order valence-electron chi connectivity index (χ3n) is 7.23. The Kier molecular flexibility index (Phi) is 11.8. The van der Waals surface area contributed by atoms with Gasteiger partial charge in [0.05, 0.1) is 19.3 Å². The third-order valence-corrected chi connectivity index (χ3v) is 7.23. The van der Waals surface area contributed by atoms with Gasteiger partial charge in [0.15, 0.2) is 11.5 Å². The summed E-state index contributed by atoms with van der Waals surface area (Å²) < 4.78 is 16.9. The molecule has 0 aromatic heterocycles. The lowest BCUT2D eigenvalue weighted by Crippen LogP contribution is -2.31. The van der Waals surface area contributed by atoms with Gasteiger partial charge in [-0.15, -0.1) is 0 Å². The van der Waals surface area contributed by atoms with E-state index in [0.717, 1.165) is 37.7 Å². The van der Waals surface area contributed by atoms with Crippen LogP contribution in [0, 0.1) is 16.2 Å². The molecule has 1 heterocycles. The smallest absolute Gasteiger partial charge is 0.311 e. The molecule has 3 rings (SSSR count). The molecule has 1 N–H and O–H groups in total. The molecule has 1 fully saturated rings. The van der Waals surface area contributed by atoms with Gasteiger partial charge in [-0.25, -0.2) is 0 Å². The Balaban J connectivity index is 1.57. The van der Waals surface area contributed by atoms with Crippen molar-refractivity contribution in [1.82, 2.24) is 5.32 Å². The highest BCUT2D eigenvalue weighted by atomic mass is 16.6. The van der Waals surface area contributed by atoms with Crippen molar-refractivity contribution in [3.63, 3.8) is 0 Å². The molecular formula is C37H53NO6. The standard InChI is InChI=1S/C37H53NO6/c1-35(2,3)22-32(39)42-29-17-11-25(12-18-29)10-14-27-15-16-28(38-27)20-26-13-19-30(43-33(40)23-36(4,5)6)31(21-26)44-34(41)24-37(7,8)9/h11-13,17-19,21,27-28,38H,10,14-16,20,22-24H2,1-9H3. The molecule has 2 unspecified atom stereocenters. The fourth-order valence-corrected chi connectivity index (χ4v) is 5.27. The molecule has 0 aliphatic carbocycles. The van der Waals surface area contributed by atoms with Crippen molar-refractivity contribution in [3.8, 4) is 17.2 Å². The second-order valence-corrected chi connectivity index (χ2v) is 15.9. The van der Waals surface area contributed by atoms with Crippen LogP contribution in [0.25, 0.3) is 0 Å². The minimum absolute atomic E-state index is 0.103. The first-order valence-corrected chi connectivity index (χ1v) is 15.9. The van der Waals surface area contributed by atoms with Crippen molar-refractivity contribution in [3.05, 3.63) is 53.6 Å². The van der Waals surface area contributed by atoms with E-state index in [4.69, 9.17) is 14.2 Å². The molecule has 0 bridgehead atoms. The molecule has 0 spiro atoms. The largest absolute Gasteiger partial charge is 0.427 e. The van der Waals surface area contributed by atoms with E-state index < -0.39 is 0 Å². The third kappa shape index (κ3) is 13.2. The molecule has 1 aliphatic rings. The lowest BCUT2D eigenvalue weighted by Gasteiger charge is -2.20. The van der Waals surface area contributed by atoms with Gasteiger partial charge < -0.3 is 19.5 Å². The number of ether oxygens (including phenoxy) is 3. The van der Waals surface area contributed by atoms with Gasteiger partial charge in [0.25, 0.3) is 0 Å². The lowest BCUT2D eigenvalue weighted by atomic mass is 9.92. The van der Waals surface area contributed by atoms with Gasteiger partial charge in [0.1, 0.15) is 5.75 Å². The second-order valence-electron chi connectivity index (χ2n) is 15.9. The molecule has 0 saturated carbocycles. The lowest BCUT2D eigenvalue weighted by molar-refractivity contribution is -0.139. The molecule has 0 amide bonds. The number of benzene rings is 2. The van der Waals surface area contributed by atoms with Crippen molar-refractivity contribution < 1.29 is 28.6 Å². The summed E-state index contributed by atoms with van der Waals surface area (Å²) in [7, 11) is 0. The highest BCUT2D eigenvalue weighted by Crippen LogP contribution is 2.33. The molecule has 0 radical (unpaired) electrons. The van der Waals surface area contributed by atoms with Crippen LogP contribution < -0.4 is 19.5 Å². The molecule has 1 saturated heterocycles. The summed E-state index contributed by atoms with van der Waals surface area (Å²) in [6.07, 6.45) is 5.75. The predicted molar refractivity (Wildman–Crippen MR) is 174 cm³/mol. The highest BCUT2D eigenvalue weighted by Gasteiger charge is 2.26. The number of nitrogens with one attached hydrogen (secondary N) is 1. The van der Waals surface area contributed by atoms with Crippen molar-refractivity contribution in [2.24, 2.45) is 16.2 Å². The van der Waals surface area contributed by atoms with Crippen molar-refractivity contribution >= 4 is 17.9 Å². The number of rotatable bonds is 11. The Labute approximate surface area is 264 Å². The van der Waals surface area contributed by atoms with E-state index in [9.17, 15) is 14.4 Å². The zero-order chi connectivity index (χ0) is 32.7. The molecule has 242 valence electrons. The van der Waals surface area contributed by atoms with Gasteiger partial charge in [0.2, 0.25) is 0 Å². The van der Waals surface area contributed by atoms with Gasteiger partial charge in [-0.3, -0.25) is 14.4 Å². The molecule has 2 aromatic rings. The van der Waals surface area contributed by atoms with Crippen LogP contribution in [-0.2, 0) is 27.2 Å². The quantitative estimate of drug-likeness (QED) is 0.204. The summed E-state index contributed by atoms with van der Waals surface area (Å²) in [4.78, 5) is 37.4. The first kappa shape index (κ1) is 35.3. The van der Waals surface area contributed by atoms with E-state index in [0.29, 0.717) is 30.0 Å². The zero-order valence-corrected chi connectivity index (χ0v) is 28.3. The molecule has 2 aromatic carbocycles. The first-order valence-electron chi connectivity index (χ1n) is 15.9. The normalized spacial score (nSPS) is 17.3. The van der Waals surface area contributed by atoms with Gasteiger partial charge >= 0.3 is 17.9 Å². The van der Waals surface area contributed by atoms with Gasteiger partial charge in [0, 0.05) is 12.1 Å². The molecule has 2 atom stereocenters. The Morgan fingerprint density at radius 3 is 1.66 bits per heavy atom. The van der Waals surface area contributed by atoms with Crippen molar-refractivity contribution in [2.75, 3.05) is 0 Å². The van der Waals surface area contributed by atoms with Crippen LogP contribution in [0.15, 0.2) is 42.5 Å². The van der Waals surface area contributed by atoms with Crippen LogP contribution >= 0.6 is 0 Å². The summed E-state index contributed by atoms with van der Waals surface area (Å²) in [5.74, 6) is 0.240. The van der Waals surface area contributed by atoms with Crippen LogP contribution in [0.4, 0.5) is 0 Å². The molecular weight excluding hydrogens is 554 g/mol. The van der Waals surface area contributed by atoms with Gasteiger partial charge in [-0.1, -0.05) is 80.5 Å². The van der Waals surface area contributed by atoms with Crippen LogP contribution in [0.3, 0.4) is 0 Å². The topological polar surface area (TPSA) is 90.9 Å². The number of carbonyl (C=O) groups is 3. The first-order chi connectivity index (χ1) is 20.3. The van der Waals surface area contributed by atoms with Crippen LogP contribution in [0.2, 0.25) is 0 Å². The van der Waals surface area contributed by atoms with E-state index >= 15 is 0 Å². The van der Waals surface area contributed by atoms with Crippen LogP contribution in [-0.4, -0.2) is 30.0 Å². The summed E-state index contributed by atoms with van der Waals surface area (Å²) in [5, 5.41) is 3.77. The summed E-state index contributed by atoms with van der Waals surface area (Å²) in [5.41, 5.74) is 1.70. The number of hydrogen-bond donors (Lipinski definition) is 1. The van der Waals surface area contributed by atoms with E-state index in [1.807, 2.05) is 98.7 Å². The summed E-state index contributed by atoms with van der Waals surface area (Å²) >= 11 is 0. The Bertz CT molecular complexity index is 1280. The molecule has 7 nitrogen and oxygen atoms in total. The zero-order valence-electron chi connectivity index (χ0n) is 28.3. The SMILES string of the molecule is CC(C)(C)CC(=O)Oc1ccc(CCC2CCC(Cc3ccc(OC(=O)CC(C)(C)C)c(OC(=O)CC(C)(C)C)c3)N2)cc1. The van der Waals surface area contributed by atoms with E-state index in [1.54, 1.807) is 6.07 Å². The Hall–Kier alpha value is -3.19. The maximum Gasteiger partial charge on any atom is 0.311 e. The molecule has 1 aliphatic heterocycles. The summed E-state index contributed by atoms with van der Waals surface area (Å²) in [6, 6.07) is 14.0. The maximum atomic E-state index is 12.7. The van der Waals surface area contributed by atoms with Gasteiger partial charge in [-0.05, 0) is 83.7 Å². The summed E-state index contributed by atoms with van der Waals surface area (Å²) in [6.45, 7) is 17.9. The molecule has 44 heavy (non-hydrogen) atoms. The van der Waals surface area contributed by atoms with Crippen molar-refractivity contribution in [2.45, 2.75) is 126 Å². The average Bonchev–Trinajstić information content (AvgIpc) is 3.29.